The van der Waals surface area contributed by atoms with Gasteiger partial charge in [0, 0.05) is 30.6 Å². The van der Waals surface area contributed by atoms with Crippen molar-refractivity contribution in [3.05, 3.63) is 82.9 Å². The van der Waals surface area contributed by atoms with Crippen molar-refractivity contribution in [3.63, 3.8) is 0 Å². The van der Waals surface area contributed by atoms with Gasteiger partial charge in [0.1, 0.15) is 18.1 Å². The van der Waals surface area contributed by atoms with Crippen LogP contribution in [0.5, 0.6) is 11.5 Å². The third-order valence-electron chi connectivity index (χ3n) is 6.72. The summed E-state index contributed by atoms with van der Waals surface area (Å²) >= 11 is 0. The number of aliphatic carboxylic acids is 1. The first-order valence-corrected chi connectivity index (χ1v) is 11.6. The van der Waals surface area contributed by atoms with Crippen molar-refractivity contribution in [1.29, 1.82) is 0 Å². The van der Waals surface area contributed by atoms with Gasteiger partial charge in [0.25, 0.3) is 0 Å². The summed E-state index contributed by atoms with van der Waals surface area (Å²) < 4.78 is 11.8. The maximum Gasteiger partial charge on any atom is 0.304 e. The minimum Gasteiger partial charge on any atom is -0.492 e. The number of carboxylic acids is 1. The SMILES string of the molecule is CCN1CCc2c(cccc2-c2cccc(COc3ccc4c(c3)OC[C@H]4CC(=O)O)c2)C1. The van der Waals surface area contributed by atoms with Crippen LogP contribution in [0.2, 0.25) is 0 Å². The summed E-state index contributed by atoms with van der Waals surface area (Å²) in [4.78, 5) is 13.5. The van der Waals surface area contributed by atoms with Gasteiger partial charge in [-0.05, 0) is 52.9 Å². The summed E-state index contributed by atoms with van der Waals surface area (Å²) in [6.07, 6.45) is 1.16. The molecule has 1 N–H and O–H groups in total. The molecule has 5 heteroatoms. The first-order chi connectivity index (χ1) is 16.1. The molecule has 3 aromatic rings. The Kier molecular flexibility index (Phi) is 6.05. The number of ether oxygens (including phenoxy) is 2. The summed E-state index contributed by atoms with van der Waals surface area (Å²) in [5, 5.41) is 9.08. The quantitative estimate of drug-likeness (QED) is 0.540. The lowest BCUT2D eigenvalue weighted by Gasteiger charge is -2.29. The number of rotatable bonds is 7. The molecule has 170 valence electrons. The smallest absolute Gasteiger partial charge is 0.304 e. The Morgan fingerprint density at radius 1 is 1.15 bits per heavy atom. The molecule has 0 amide bonds. The maximum atomic E-state index is 11.0. The van der Waals surface area contributed by atoms with Crippen LogP contribution in [0.3, 0.4) is 0 Å². The number of hydrogen-bond donors (Lipinski definition) is 1. The fraction of sp³-hybridized carbons (Fsp3) is 0.321. The minimum absolute atomic E-state index is 0.0830. The molecule has 2 aliphatic rings. The van der Waals surface area contributed by atoms with Crippen LogP contribution >= 0.6 is 0 Å². The molecule has 0 radical (unpaired) electrons. The lowest BCUT2D eigenvalue weighted by molar-refractivity contribution is -0.137. The zero-order valence-corrected chi connectivity index (χ0v) is 18.9. The lowest BCUT2D eigenvalue weighted by Crippen LogP contribution is -2.30. The van der Waals surface area contributed by atoms with E-state index in [1.807, 2.05) is 18.2 Å². The van der Waals surface area contributed by atoms with Gasteiger partial charge >= 0.3 is 5.97 Å². The number of fused-ring (bicyclic) bond motifs is 2. The Morgan fingerprint density at radius 2 is 2.03 bits per heavy atom. The van der Waals surface area contributed by atoms with E-state index in [1.165, 1.54) is 22.3 Å². The Labute approximate surface area is 194 Å². The molecule has 0 bridgehead atoms. The van der Waals surface area contributed by atoms with E-state index in [2.05, 4.69) is 54.3 Å². The summed E-state index contributed by atoms with van der Waals surface area (Å²) in [5.74, 6) is 0.555. The van der Waals surface area contributed by atoms with E-state index < -0.39 is 5.97 Å². The van der Waals surface area contributed by atoms with Gasteiger partial charge in [-0.3, -0.25) is 9.69 Å². The topological polar surface area (TPSA) is 59.0 Å². The van der Waals surface area contributed by atoms with E-state index in [-0.39, 0.29) is 12.3 Å². The van der Waals surface area contributed by atoms with Crippen molar-refractivity contribution >= 4 is 5.97 Å². The molecule has 0 saturated heterocycles. The van der Waals surface area contributed by atoms with Crippen LogP contribution in [0, 0.1) is 0 Å². The summed E-state index contributed by atoms with van der Waals surface area (Å²) in [6.45, 7) is 6.31. The monoisotopic (exact) mass is 443 g/mol. The van der Waals surface area contributed by atoms with Crippen LogP contribution in [0.25, 0.3) is 11.1 Å². The summed E-state index contributed by atoms with van der Waals surface area (Å²) in [7, 11) is 0. The predicted octanol–water partition coefficient (Wildman–Crippen LogP) is 5.26. The first-order valence-electron chi connectivity index (χ1n) is 11.6. The van der Waals surface area contributed by atoms with Crippen LogP contribution in [0.4, 0.5) is 0 Å². The molecule has 3 aromatic carbocycles. The van der Waals surface area contributed by atoms with Gasteiger partial charge in [-0.15, -0.1) is 0 Å². The number of carboxylic acid groups (broad SMARTS) is 1. The average molecular weight is 444 g/mol. The number of carbonyl (C=O) groups is 1. The molecule has 5 rings (SSSR count). The highest BCUT2D eigenvalue weighted by atomic mass is 16.5. The van der Waals surface area contributed by atoms with Crippen molar-refractivity contribution in [3.8, 4) is 22.6 Å². The highest BCUT2D eigenvalue weighted by molar-refractivity contribution is 5.70. The minimum atomic E-state index is -0.806. The maximum absolute atomic E-state index is 11.0. The van der Waals surface area contributed by atoms with E-state index in [0.29, 0.717) is 13.2 Å². The molecule has 0 unspecified atom stereocenters. The molecule has 5 nitrogen and oxygen atoms in total. The molecule has 0 spiro atoms. The second-order valence-electron chi connectivity index (χ2n) is 8.86. The number of benzene rings is 3. The number of hydrogen-bond acceptors (Lipinski definition) is 4. The normalized spacial score (nSPS) is 17.2. The molecule has 33 heavy (non-hydrogen) atoms. The van der Waals surface area contributed by atoms with E-state index in [0.717, 1.165) is 48.7 Å². The van der Waals surface area contributed by atoms with Crippen molar-refractivity contribution in [2.75, 3.05) is 19.7 Å². The Morgan fingerprint density at radius 3 is 2.88 bits per heavy atom. The number of nitrogens with zero attached hydrogens (tertiary/aromatic N) is 1. The molecule has 1 atom stereocenters. The molecule has 0 fully saturated rings. The second kappa shape index (κ2) is 9.28. The highest BCUT2D eigenvalue weighted by Gasteiger charge is 2.26. The summed E-state index contributed by atoms with van der Waals surface area (Å²) in [5.41, 5.74) is 7.50. The largest absolute Gasteiger partial charge is 0.492 e. The van der Waals surface area contributed by atoms with Crippen molar-refractivity contribution in [2.45, 2.75) is 38.8 Å². The van der Waals surface area contributed by atoms with Crippen LogP contribution in [-0.4, -0.2) is 35.7 Å². The second-order valence-corrected chi connectivity index (χ2v) is 8.86. The van der Waals surface area contributed by atoms with Crippen LogP contribution in [0.1, 0.15) is 41.5 Å². The molecular formula is C28H29NO4. The van der Waals surface area contributed by atoms with Crippen molar-refractivity contribution < 1.29 is 19.4 Å². The predicted molar refractivity (Wildman–Crippen MR) is 128 cm³/mol. The lowest BCUT2D eigenvalue weighted by atomic mass is 9.90. The van der Waals surface area contributed by atoms with Crippen LogP contribution in [-0.2, 0) is 24.4 Å². The third-order valence-corrected chi connectivity index (χ3v) is 6.72. The van der Waals surface area contributed by atoms with Gasteiger partial charge in [-0.2, -0.15) is 0 Å². The van der Waals surface area contributed by atoms with Crippen molar-refractivity contribution in [2.24, 2.45) is 0 Å². The fourth-order valence-corrected chi connectivity index (χ4v) is 4.93. The third kappa shape index (κ3) is 4.60. The zero-order chi connectivity index (χ0) is 22.8. The van der Waals surface area contributed by atoms with E-state index in [4.69, 9.17) is 14.6 Å². The Hall–Kier alpha value is -3.31. The van der Waals surface area contributed by atoms with E-state index in [1.54, 1.807) is 0 Å². The molecule has 0 saturated carbocycles. The molecular weight excluding hydrogens is 414 g/mol. The average Bonchev–Trinajstić information content (AvgIpc) is 3.23. The Bertz CT molecular complexity index is 1170. The molecule has 2 aliphatic heterocycles. The van der Waals surface area contributed by atoms with Gasteiger partial charge in [-0.25, -0.2) is 0 Å². The van der Waals surface area contributed by atoms with E-state index in [9.17, 15) is 4.79 Å². The van der Waals surface area contributed by atoms with Crippen LogP contribution < -0.4 is 9.47 Å². The van der Waals surface area contributed by atoms with Crippen LogP contribution in [0.15, 0.2) is 60.7 Å². The van der Waals surface area contributed by atoms with E-state index >= 15 is 0 Å². The summed E-state index contributed by atoms with van der Waals surface area (Å²) in [6, 6.07) is 20.9. The van der Waals surface area contributed by atoms with Gasteiger partial charge in [0.15, 0.2) is 0 Å². The standard InChI is InChI=1S/C28H29NO4/c1-2-29-12-11-25-21(16-29)7-4-8-24(25)20-6-3-5-19(13-20)17-32-23-9-10-26-22(14-28(30)31)18-33-27(26)15-23/h3-10,13,15,22H,2,11-12,14,16-18H2,1H3,(H,30,31)/t22-/m1/s1. The first kappa shape index (κ1) is 21.5. The molecule has 0 aliphatic carbocycles. The van der Waals surface area contributed by atoms with Gasteiger partial charge < -0.3 is 14.6 Å². The zero-order valence-electron chi connectivity index (χ0n) is 18.9. The molecule has 2 heterocycles. The fourth-order valence-electron chi connectivity index (χ4n) is 4.93. The van der Waals surface area contributed by atoms with Gasteiger partial charge in [0.05, 0.1) is 13.0 Å². The van der Waals surface area contributed by atoms with Gasteiger partial charge in [0.2, 0.25) is 0 Å². The van der Waals surface area contributed by atoms with Gasteiger partial charge in [-0.1, -0.05) is 49.4 Å². The molecule has 0 aromatic heterocycles. The van der Waals surface area contributed by atoms with Crippen molar-refractivity contribution in [1.82, 2.24) is 4.90 Å². The number of likely N-dealkylation sites (N-methyl/N-ethyl adjacent to an activating group) is 1. The highest BCUT2D eigenvalue weighted by Crippen LogP contribution is 2.38. The Balaban J connectivity index is 1.30.